The van der Waals surface area contributed by atoms with E-state index in [2.05, 4.69) is 57.4 Å². The number of nitrogens with one attached hydrogen (secondary N) is 2. The fourth-order valence-corrected chi connectivity index (χ4v) is 6.52. The average Bonchev–Trinajstić information content (AvgIpc) is 3.14. The molecule has 0 unspecified atom stereocenters. The van der Waals surface area contributed by atoms with Crippen LogP contribution in [-0.2, 0) is 11.4 Å². The Bertz CT molecular complexity index is 2570. The van der Waals surface area contributed by atoms with Gasteiger partial charge in [0.2, 0.25) is 0 Å². The van der Waals surface area contributed by atoms with Crippen LogP contribution >= 0.6 is 0 Å². The molecule has 0 saturated heterocycles. The second-order valence-electron chi connectivity index (χ2n) is 12.2. The zero-order chi connectivity index (χ0) is 34.2. The highest BCUT2D eigenvalue weighted by molar-refractivity contribution is 6.26. The molecule has 8 aromatic rings. The van der Waals surface area contributed by atoms with Crippen molar-refractivity contribution in [2.45, 2.75) is 13.5 Å². The second kappa shape index (κ2) is 12.8. The first-order chi connectivity index (χ1) is 24.5. The molecule has 8 aromatic carbocycles. The standard InChI is InChI=1S/C42H32N4O4/c1-25-11-17-32-30(21-25)23-34(42(48)43-35-19-16-29-14-13-27-7-6-8-28-15-18-33(35)39(29)38(27)28)41(47)40(32)45-44-36-22-26(12-20-37(36)49-2)24-50-46-31-9-4-3-5-10-31/h3-23,46-47H,24H2,1-2H3,(H,43,48). The van der Waals surface area contributed by atoms with E-state index in [0.717, 1.165) is 54.5 Å². The maximum Gasteiger partial charge on any atom is 0.259 e. The van der Waals surface area contributed by atoms with E-state index in [9.17, 15) is 9.90 Å². The van der Waals surface area contributed by atoms with Crippen molar-refractivity contribution in [1.29, 1.82) is 0 Å². The minimum atomic E-state index is -0.458. The number of fused-ring (bicyclic) bond motifs is 1. The van der Waals surface area contributed by atoms with Gasteiger partial charge in [-0.2, -0.15) is 0 Å². The van der Waals surface area contributed by atoms with Crippen LogP contribution in [0, 0.1) is 6.92 Å². The zero-order valence-electron chi connectivity index (χ0n) is 27.4. The van der Waals surface area contributed by atoms with Crippen molar-refractivity contribution in [1.82, 2.24) is 0 Å². The molecule has 0 aromatic heterocycles. The Kier molecular flexibility index (Phi) is 7.91. The fourth-order valence-electron chi connectivity index (χ4n) is 6.52. The van der Waals surface area contributed by atoms with Crippen LogP contribution in [-0.4, -0.2) is 18.1 Å². The molecule has 3 N–H and O–H groups in total. The van der Waals surface area contributed by atoms with Gasteiger partial charge in [-0.25, -0.2) is 0 Å². The van der Waals surface area contributed by atoms with Crippen LogP contribution in [0.25, 0.3) is 43.1 Å². The Morgan fingerprint density at radius 3 is 2.26 bits per heavy atom. The minimum absolute atomic E-state index is 0.0869. The molecule has 8 heteroatoms. The summed E-state index contributed by atoms with van der Waals surface area (Å²) in [5.74, 6) is -0.234. The SMILES string of the molecule is COc1ccc(CONc2ccccc2)cc1N=Nc1c(O)c(C(=O)Nc2ccc3ccc4cccc5ccc2c3c45)cc2cc(C)ccc12. The molecule has 8 rings (SSSR count). The number of nitrogens with zero attached hydrogens (tertiary/aromatic N) is 2. The molecule has 0 aliphatic heterocycles. The summed E-state index contributed by atoms with van der Waals surface area (Å²) in [5, 5.41) is 31.7. The van der Waals surface area contributed by atoms with Gasteiger partial charge in [-0.3, -0.25) is 15.1 Å². The summed E-state index contributed by atoms with van der Waals surface area (Å²) in [7, 11) is 1.56. The Morgan fingerprint density at radius 1 is 0.720 bits per heavy atom. The highest BCUT2D eigenvalue weighted by Gasteiger charge is 2.21. The third-order valence-corrected chi connectivity index (χ3v) is 8.97. The van der Waals surface area contributed by atoms with Crippen molar-refractivity contribution in [3.63, 3.8) is 0 Å². The number of carbonyl (C=O) groups is 1. The lowest BCUT2D eigenvalue weighted by Gasteiger charge is -2.15. The molecular weight excluding hydrogens is 624 g/mol. The van der Waals surface area contributed by atoms with Gasteiger partial charge in [0.15, 0.2) is 5.75 Å². The molecule has 0 atom stereocenters. The number of carbonyl (C=O) groups excluding carboxylic acids is 1. The highest BCUT2D eigenvalue weighted by Crippen LogP contribution is 2.42. The number of rotatable bonds is 9. The summed E-state index contributed by atoms with van der Waals surface area (Å²) in [6, 6.07) is 41.0. The van der Waals surface area contributed by atoms with Crippen molar-refractivity contribution in [2.24, 2.45) is 10.2 Å². The number of anilines is 2. The number of phenolic OH excluding ortho intramolecular Hbond substituents is 1. The number of phenols is 1. The summed E-state index contributed by atoms with van der Waals surface area (Å²) in [5.41, 5.74) is 6.95. The lowest BCUT2D eigenvalue weighted by atomic mass is 9.93. The van der Waals surface area contributed by atoms with Gasteiger partial charge in [0.05, 0.1) is 25.0 Å². The number of aryl methyl sites for hydroxylation is 1. The molecular formula is C42H32N4O4. The van der Waals surface area contributed by atoms with Gasteiger partial charge in [-0.1, -0.05) is 96.6 Å². The third kappa shape index (κ3) is 5.67. The third-order valence-electron chi connectivity index (χ3n) is 8.97. The van der Waals surface area contributed by atoms with Crippen LogP contribution in [0.1, 0.15) is 21.5 Å². The molecule has 244 valence electrons. The van der Waals surface area contributed by atoms with Gasteiger partial charge in [-0.05, 0) is 81.2 Å². The van der Waals surface area contributed by atoms with E-state index in [-0.39, 0.29) is 23.6 Å². The van der Waals surface area contributed by atoms with Crippen LogP contribution in [0.5, 0.6) is 11.5 Å². The first kappa shape index (κ1) is 30.8. The Labute approximate surface area is 287 Å². The molecule has 8 nitrogen and oxygen atoms in total. The molecule has 0 spiro atoms. The largest absolute Gasteiger partial charge is 0.505 e. The van der Waals surface area contributed by atoms with Crippen molar-refractivity contribution in [3.05, 3.63) is 144 Å². The van der Waals surface area contributed by atoms with Crippen molar-refractivity contribution in [3.8, 4) is 11.5 Å². The van der Waals surface area contributed by atoms with Crippen molar-refractivity contribution >= 4 is 71.7 Å². The van der Waals surface area contributed by atoms with E-state index in [4.69, 9.17) is 9.57 Å². The van der Waals surface area contributed by atoms with Crippen LogP contribution in [0.15, 0.2) is 138 Å². The number of hydrogen-bond acceptors (Lipinski definition) is 7. The molecule has 50 heavy (non-hydrogen) atoms. The predicted octanol–water partition coefficient (Wildman–Crippen LogP) is 11.0. The number of ether oxygens (including phenoxy) is 1. The minimum Gasteiger partial charge on any atom is -0.505 e. The number of aromatic hydroxyl groups is 1. The van der Waals surface area contributed by atoms with Gasteiger partial charge < -0.3 is 15.2 Å². The van der Waals surface area contributed by atoms with Crippen molar-refractivity contribution < 1.29 is 19.5 Å². The Hall–Kier alpha value is -6.51. The van der Waals surface area contributed by atoms with Crippen LogP contribution < -0.4 is 15.5 Å². The summed E-state index contributed by atoms with van der Waals surface area (Å²) in [6.07, 6.45) is 0. The number of amides is 1. The molecule has 0 radical (unpaired) electrons. The van der Waals surface area contributed by atoms with Gasteiger partial charge in [0, 0.05) is 16.5 Å². The Morgan fingerprint density at radius 2 is 1.46 bits per heavy atom. The van der Waals surface area contributed by atoms with Gasteiger partial charge >= 0.3 is 0 Å². The van der Waals surface area contributed by atoms with Gasteiger partial charge in [0.25, 0.3) is 5.91 Å². The smallest absolute Gasteiger partial charge is 0.259 e. The van der Waals surface area contributed by atoms with Gasteiger partial charge in [-0.15, -0.1) is 10.2 Å². The maximum absolute atomic E-state index is 14.0. The van der Waals surface area contributed by atoms with E-state index in [1.54, 1.807) is 19.2 Å². The first-order valence-electron chi connectivity index (χ1n) is 16.2. The van der Waals surface area contributed by atoms with Crippen LogP contribution in [0.4, 0.5) is 22.7 Å². The van der Waals surface area contributed by atoms with E-state index in [1.165, 1.54) is 0 Å². The molecule has 0 heterocycles. The maximum atomic E-state index is 14.0. The zero-order valence-corrected chi connectivity index (χ0v) is 27.4. The normalized spacial score (nSPS) is 11.6. The molecule has 1 amide bonds. The summed E-state index contributed by atoms with van der Waals surface area (Å²) >= 11 is 0. The monoisotopic (exact) mass is 656 g/mol. The number of azo groups is 1. The fraction of sp³-hybridized carbons (Fsp3) is 0.0714. The number of hydrogen-bond donors (Lipinski definition) is 3. The lowest BCUT2D eigenvalue weighted by Crippen LogP contribution is -2.12. The number of methoxy groups -OCH3 is 1. The molecule has 0 aliphatic carbocycles. The lowest BCUT2D eigenvalue weighted by molar-refractivity contribution is 0.102. The van der Waals surface area contributed by atoms with Gasteiger partial charge in [0.1, 0.15) is 17.1 Å². The highest BCUT2D eigenvalue weighted by atomic mass is 16.6. The first-order valence-corrected chi connectivity index (χ1v) is 16.2. The quantitative estimate of drug-likeness (QED) is 0.0815. The van der Waals surface area contributed by atoms with Crippen LogP contribution in [0.3, 0.4) is 0 Å². The topological polar surface area (TPSA) is 105 Å². The van der Waals surface area contributed by atoms with E-state index >= 15 is 0 Å². The molecule has 0 fully saturated rings. The van der Waals surface area contributed by atoms with Crippen LogP contribution in [0.2, 0.25) is 0 Å². The predicted molar refractivity (Wildman–Crippen MR) is 200 cm³/mol. The van der Waals surface area contributed by atoms with E-state index < -0.39 is 5.91 Å². The molecule has 0 saturated carbocycles. The average molecular weight is 657 g/mol. The second-order valence-corrected chi connectivity index (χ2v) is 12.2. The summed E-state index contributed by atoms with van der Waals surface area (Å²) in [6.45, 7) is 2.23. The van der Waals surface area contributed by atoms with E-state index in [0.29, 0.717) is 22.5 Å². The molecule has 0 aliphatic rings. The molecule has 0 bridgehead atoms. The number of para-hydroxylation sites is 1. The number of benzene rings is 8. The summed E-state index contributed by atoms with van der Waals surface area (Å²) < 4.78 is 5.57. The summed E-state index contributed by atoms with van der Waals surface area (Å²) in [4.78, 5) is 19.7. The van der Waals surface area contributed by atoms with E-state index in [1.807, 2.05) is 85.8 Å². The Balaban J connectivity index is 1.14. The van der Waals surface area contributed by atoms with Crippen molar-refractivity contribution in [2.75, 3.05) is 17.9 Å².